The fourth-order valence-corrected chi connectivity index (χ4v) is 3.98. The summed E-state index contributed by atoms with van der Waals surface area (Å²) in [6.07, 6.45) is 0.883. The topological polar surface area (TPSA) is 102 Å². The molecule has 1 N–H and O–H groups in total. The van der Waals surface area contributed by atoms with Crippen LogP contribution in [0.5, 0.6) is 11.5 Å². The molecule has 2 heterocycles. The third kappa shape index (κ3) is 4.77. The number of anilines is 1. The van der Waals surface area contributed by atoms with Gasteiger partial charge in [-0.15, -0.1) is 0 Å². The van der Waals surface area contributed by atoms with E-state index in [1.165, 1.54) is 12.0 Å². The molecule has 0 bridgehead atoms. The molecule has 3 aromatic rings. The van der Waals surface area contributed by atoms with Gasteiger partial charge >= 0.3 is 5.91 Å². The van der Waals surface area contributed by atoms with Crippen LogP contribution in [0.2, 0.25) is 0 Å². The van der Waals surface area contributed by atoms with Gasteiger partial charge in [0.15, 0.2) is 17.3 Å². The van der Waals surface area contributed by atoms with Crippen LogP contribution in [0.1, 0.15) is 43.2 Å². The Balaban J connectivity index is 1.84. The fourth-order valence-electron chi connectivity index (χ4n) is 3.98. The van der Waals surface area contributed by atoms with E-state index in [2.05, 4.69) is 19.0 Å². The highest BCUT2D eigenvalue weighted by Gasteiger charge is 2.48. The number of Topliss-reactive ketones (excluding diaryl/α,β-unsaturated/α-hetero) is 1. The van der Waals surface area contributed by atoms with Gasteiger partial charge in [-0.25, -0.2) is 0 Å². The molecule has 1 aromatic heterocycles. The number of amides is 1. The molecule has 182 valence electrons. The van der Waals surface area contributed by atoms with Gasteiger partial charge in [-0.1, -0.05) is 55.4 Å². The van der Waals surface area contributed by atoms with Crippen LogP contribution in [0.25, 0.3) is 5.76 Å². The summed E-state index contributed by atoms with van der Waals surface area (Å²) in [5.41, 5.74) is 0.931. The Bertz CT molecular complexity index is 1260. The van der Waals surface area contributed by atoms with Crippen molar-refractivity contribution in [3.63, 3.8) is 0 Å². The average Bonchev–Trinajstić information content (AvgIpc) is 3.39. The third-order valence-corrected chi connectivity index (χ3v) is 5.81. The van der Waals surface area contributed by atoms with E-state index in [1.54, 1.807) is 61.5 Å². The first-order chi connectivity index (χ1) is 16.8. The summed E-state index contributed by atoms with van der Waals surface area (Å²) in [7, 11) is 1.52. The highest BCUT2D eigenvalue weighted by Crippen LogP contribution is 2.44. The Kier molecular flexibility index (Phi) is 6.91. The molecule has 8 nitrogen and oxygen atoms in total. The van der Waals surface area contributed by atoms with E-state index in [0.717, 1.165) is 6.42 Å². The summed E-state index contributed by atoms with van der Waals surface area (Å²) in [6.45, 7) is 6.45. The van der Waals surface area contributed by atoms with E-state index in [0.29, 0.717) is 40.9 Å². The third-order valence-electron chi connectivity index (χ3n) is 5.81. The summed E-state index contributed by atoms with van der Waals surface area (Å²) >= 11 is 0. The van der Waals surface area contributed by atoms with E-state index in [-0.39, 0.29) is 17.2 Å². The molecule has 2 aromatic carbocycles. The molecule has 0 saturated carbocycles. The number of rotatable bonds is 8. The molecule has 0 aliphatic carbocycles. The van der Waals surface area contributed by atoms with Crippen molar-refractivity contribution in [2.45, 2.75) is 33.2 Å². The molecular weight excluding hydrogens is 448 g/mol. The number of ether oxygens (including phenoxy) is 2. The second kappa shape index (κ2) is 10.0. The van der Waals surface area contributed by atoms with Crippen molar-refractivity contribution in [2.24, 2.45) is 5.92 Å². The number of aliphatic hydroxyl groups is 1. The largest absolute Gasteiger partial charge is 0.507 e. The van der Waals surface area contributed by atoms with Gasteiger partial charge in [0, 0.05) is 11.6 Å². The molecule has 35 heavy (non-hydrogen) atoms. The van der Waals surface area contributed by atoms with Gasteiger partial charge in [0.2, 0.25) is 0 Å². The monoisotopic (exact) mass is 476 g/mol. The quantitative estimate of drug-likeness (QED) is 0.276. The van der Waals surface area contributed by atoms with Gasteiger partial charge in [0.25, 0.3) is 5.78 Å². The van der Waals surface area contributed by atoms with Crippen LogP contribution in [0.4, 0.5) is 5.82 Å². The first-order valence-corrected chi connectivity index (χ1v) is 11.4. The number of aromatic nitrogens is 1. The molecule has 8 heteroatoms. The SMILES string of the molecule is COc1cc(C2C(=C(O)c3ccccc3)C(=O)C(=O)N2c2cc(C)on2)ccc1OCCC(C)C. The Morgan fingerprint density at radius 1 is 1.11 bits per heavy atom. The number of hydrogen-bond donors (Lipinski definition) is 1. The van der Waals surface area contributed by atoms with Gasteiger partial charge < -0.3 is 19.1 Å². The first-order valence-electron chi connectivity index (χ1n) is 11.4. The van der Waals surface area contributed by atoms with E-state index >= 15 is 0 Å². The van der Waals surface area contributed by atoms with Crippen molar-refractivity contribution in [2.75, 3.05) is 18.6 Å². The van der Waals surface area contributed by atoms with Gasteiger partial charge in [-0.3, -0.25) is 14.5 Å². The predicted molar refractivity (Wildman–Crippen MR) is 130 cm³/mol. The van der Waals surface area contributed by atoms with Crippen LogP contribution in [0.15, 0.2) is 64.7 Å². The molecule has 1 aliphatic rings. The minimum atomic E-state index is -0.946. The number of carbonyl (C=O) groups excluding carboxylic acids is 2. The number of methoxy groups -OCH3 is 1. The first kappa shape index (κ1) is 24.1. The maximum absolute atomic E-state index is 13.2. The van der Waals surface area contributed by atoms with Gasteiger partial charge in [-0.05, 0) is 37.0 Å². The van der Waals surface area contributed by atoms with Crippen molar-refractivity contribution in [1.82, 2.24) is 5.16 Å². The average molecular weight is 477 g/mol. The number of benzene rings is 2. The molecule has 1 aliphatic heterocycles. The molecule has 4 rings (SSSR count). The highest BCUT2D eigenvalue weighted by molar-refractivity contribution is 6.51. The lowest BCUT2D eigenvalue weighted by Crippen LogP contribution is -2.29. The molecular formula is C27H28N2O6. The Labute approximate surface area is 203 Å². The smallest absolute Gasteiger partial charge is 0.301 e. The zero-order valence-electron chi connectivity index (χ0n) is 20.1. The molecule has 0 radical (unpaired) electrons. The summed E-state index contributed by atoms with van der Waals surface area (Å²) in [5, 5.41) is 15.1. The number of carbonyl (C=O) groups is 2. The van der Waals surface area contributed by atoms with Crippen LogP contribution in [0.3, 0.4) is 0 Å². The molecule has 0 spiro atoms. The number of nitrogens with zero attached hydrogens (tertiary/aromatic N) is 2. The summed E-state index contributed by atoms with van der Waals surface area (Å²) in [4.78, 5) is 27.6. The molecule has 1 saturated heterocycles. The number of aryl methyl sites for hydroxylation is 1. The summed E-state index contributed by atoms with van der Waals surface area (Å²) in [6, 6.07) is 14.5. The van der Waals surface area contributed by atoms with Crippen molar-refractivity contribution in [1.29, 1.82) is 0 Å². The minimum Gasteiger partial charge on any atom is -0.507 e. The normalized spacial score (nSPS) is 17.3. The van der Waals surface area contributed by atoms with Crippen LogP contribution < -0.4 is 14.4 Å². The predicted octanol–water partition coefficient (Wildman–Crippen LogP) is 5.04. The van der Waals surface area contributed by atoms with E-state index in [4.69, 9.17) is 14.0 Å². The molecule has 1 atom stereocenters. The molecule has 1 amide bonds. The number of aliphatic hydroxyl groups excluding tert-OH is 1. The molecule has 1 fully saturated rings. The van der Waals surface area contributed by atoms with Crippen LogP contribution in [-0.4, -0.2) is 35.7 Å². The number of hydrogen-bond acceptors (Lipinski definition) is 7. The lowest BCUT2D eigenvalue weighted by Gasteiger charge is -2.24. The Hall–Kier alpha value is -4.07. The second-order valence-corrected chi connectivity index (χ2v) is 8.77. The fraction of sp³-hybridized carbons (Fsp3) is 0.296. The zero-order chi connectivity index (χ0) is 25.1. The van der Waals surface area contributed by atoms with Crippen molar-refractivity contribution in [3.8, 4) is 11.5 Å². The summed E-state index contributed by atoms with van der Waals surface area (Å²) in [5.74, 6) is 0.261. The Morgan fingerprint density at radius 2 is 1.86 bits per heavy atom. The highest BCUT2D eigenvalue weighted by atomic mass is 16.5. The van der Waals surface area contributed by atoms with Crippen LogP contribution in [-0.2, 0) is 9.59 Å². The lowest BCUT2D eigenvalue weighted by molar-refractivity contribution is -0.132. The second-order valence-electron chi connectivity index (χ2n) is 8.77. The van der Waals surface area contributed by atoms with Crippen LogP contribution in [0, 0.1) is 12.8 Å². The van der Waals surface area contributed by atoms with Gasteiger partial charge in [0.05, 0.1) is 25.3 Å². The van der Waals surface area contributed by atoms with Crippen molar-refractivity contribution >= 4 is 23.3 Å². The molecule has 1 unspecified atom stereocenters. The van der Waals surface area contributed by atoms with Crippen molar-refractivity contribution in [3.05, 3.63) is 77.1 Å². The maximum Gasteiger partial charge on any atom is 0.301 e. The van der Waals surface area contributed by atoms with E-state index < -0.39 is 17.7 Å². The van der Waals surface area contributed by atoms with E-state index in [9.17, 15) is 14.7 Å². The van der Waals surface area contributed by atoms with Gasteiger partial charge in [-0.2, -0.15) is 0 Å². The summed E-state index contributed by atoms with van der Waals surface area (Å²) < 4.78 is 16.6. The van der Waals surface area contributed by atoms with Crippen molar-refractivity contribution < 1.29 is 28.7 Å². The standard InChI is InChI=1S/C27H28N2O6/c1-16(2)12-13-34-20-11-10-19(15-21(20)33-4)24-23(25(30)18-8-6-5-7-9-18)26(31)27(32)29(24)22-14-17(3)35-28-22/h5-11,14-16,24,30H,12-13H2,1-4H3. The van der Waals surface area contributed by atoms with Crippen LogP contribution >= 0.6 is 0 Å². The maximum atomic E-state index is 13.2. The lowest BCUT2D eigenvalue weighted by atomic mass is 9.95. The Morgan fingerprint density at radius 3 is 2.49 bits per heavy atom. The van der Waals surface area contributed by atoms with E-state index in [1.807, 2.05) is 0 Å². The number of ketones is 1. The minimum absolute atomic E-state index is 0.0441. The van der Waals surface area contributed by atoms with Gasteiger partial charge in [0.1, 0.15) is 11.5 Å². The zero-order valence-corrected chi connectivity index (χ0v) is 20.1.